The Labute approximate surface area is 147 Å². The molecule has 6 heteroatoms. The second-order valence-electron chi connectivity index (χ2n) is 5.87. The minimum atomic E-state index is -0.0204. The molecule has 0 aliphatic heterocycles. The number of aromatic nitrogens is 2. The van der Waals surface area contributed by atoms with Crippen molar-refractivity contribution in [2.45, 2.75) is 46.2 Å². The Balaban J connectivity index is 1.86. The van der Waals surface area contributed by atoms with E-state index in [1.807, 2.05) is 30.7 Å². The third-order valence-corrected chi connectivity index (χ3v) is 4.14. The number of amides is 1. The number of carbonyl (C=O) groups excluding carboxylic acids is 1. The maximum absolute atomic E-state index is 12.1. The maximum Gasteiger partial charge on any atom is 0.220 e. The molecule has 0 bridgehead atoms. The Morgan fingerprint density at radius 2 is 1.96 bits per heavy atom. The van der Waals surface area contributed by atoms with E-state index in [2.05, 4.69) is 22.6 Å². The van der Waals surface area contributed by atoms with Crippen molar-refractivity contribution in [3.63, 3.8) is 0 Å². The molecule has 25 heavy (non-hydrogen) atoms. The van der Waals surface area contributed by atoms with Crippen LogP contribution in [-0.2, 0) is 24.3 Å². The largest absolute Gasteiger partial charge is 0.352 e. The first kappa shape index (κ1) is 18.2. The van der Waals surface area contributed by atoms with Crippen LogP contribution in [0.15, 0.2) is 24.3 Å². The number of hydrogen-bond acceptors (Lipinski definition) is 4. The first-order valence-corrected chi connectivity index (χ1v) is 8.20. The van der Waals surface area contributed by atoms with Crippen LogP contribution in [-0.4, -0.2) is 15.7 Å². The molecule has 0 aliphatic carbocycles. The van der Waals surface area contributed by atoms with Crippen molar-refractivity contribution in [3.05, 3.63) is 52.3 Å². The van der Waals surface area contributed by atoms with Gasteiger partial charge in [0.25, 0.3) is 0 Å². The standard InChI is InChI=1S/C19H21N5O/c1-14-18(15(2)24(23-14)11-3-10-20)8-9-19(25)22-13-17-6-4-16(12-21)5-7-17/h4-7H,3,8-9,11,13H2,1-2H3,(H,22,25). The molecule has 0 fully saturated rings. The van der Waals surface area contributed by atoms with Gasteiger partial charge in [-0.25, -0.2) is 0 Å². The van der Waals surface area contributed by atoms with Crippen LogP contribution in [0.4, 0.5) is 0 Å². The number of nitrogens with one attached hydrogen (secondary N) is 1. The van der Waals surface area contributed by atoms with E-state index in [9.17, 15) is 4.79 Å². The third-order valence-electron chi connectivity index (χ3n) is 4.14. The molecular formula is C19H21N5O. The highest BCUT2D eigenvalue weighted by Gasteiger charge is 2.13. The molecule has 0 spiro atoms. The molecule has 2 rings (SSSR count). The lowest BCUT2D eigenvalue weighted by Gasteiger charge is -2.06. The quantitative estimate of drug-likeness (QED) is 0.841. The van der Waals surface area contributed by atoms with Crippen LogP contribution in [0.3, 0.4) is 0 Å². The zero-order valence-electron chi connectivity index (χ0n) is 14.5. The Hall–Kier alpha value is -3.12. The molecule has 1 amide bonds. The topological polar surface area (TPSA) is 94.5 Å². The van der Waals surface area contributed by atoms with Gasteiger partial charge in [0.15, 0.2) is 0 Å². The molecule has 1 heterocycles. The van der Waals surface area contributed by atoms with Crippen molar-refractivity contribution in [2.75, 3.05) is 0 Å². The summed E-state index contributed by atoms with van der Waals surface area (Å²) in [7, 11) is 0. The predicted octanol–water partition coefficient (Wildman–Crippen LogP) is 2.53. The Morgan fingerprint density at radius 1 is 1.24 bits per heavy atom. The van der Waals surface area contributed by atoms with Crippen molar-refractivity contribution >= 4 is 5.91 Å². The van der Waals surface area contributed by atoms with E-state index in [0.717, 1.165) is 22.5 Å². The normalized spacial score (nSPS) is 10.1. The van der Waals surface area contributed by atoms with Crippen LogP contribution in [0.25, 0.3) is 0 Å². The van der Waals surface area contributed by atoms with Crippen LogP contribution in [0.2, 0.25) is 0 Å². The lowest BCUT2D eigenvalue weighted by Crippen LogP contribution is -2.23. The van der Waals surface area contributed by atoms with E-state index in [1.165, 1.54) is 0 Å². The Bertz CT molecular complexity index is 821. The Morgan fingerprint density at radius 3 is 2.60 bits per heavy atom. The average molecular weight is 335 g/mol. The first-order chi connectivity index (χ1) is 12.0. The molecule has 0 radical (unpaired) electrons. The van der Waals surface area contributed by atoms with Crippen LogP contribution >= 0.6 is 0 Å². The van der Waals surface area contributed by atoms with E-state index < -0.39 is 0 Å². The summed E-state index contributed by atoms with van der Waals surface area (Å²) in [5, 5.41) is 24.8. The van der Waals surface area contributed by atoms with Gasteiger partial charge in [-0.15, -0.1) is 0 Å². The molecule has 1 N–H and O–H groups in total. The molecule has 0 saturated heterocycles. The van der Waals surface area contributed by atoms with Gasteiger partial charge < -0.3 is 5.32 Å². The van der Waals surface area contributed by atoms with Gasteiger partial charge in [0.1, 0.15) is 0 Å². The lowest BCUT2D eigenvalue weighted by molar-refractivity contribution is -0.121. The Kier molecular flexibility index (Phi) is 6.31. The number of carbonyl (C=O) groups is 1. The first-order valence-electron chi connectivity index (χ1n) is 8.20. The molecule has 1 aromatic carbocycles. The minimum absolute atomic E-state index is 0.0204. The number of rotatable bonds is 7. The zero-order valence-corrected chi connectivity index (χ0v) is 14.5. The molecule has 0 unspecified atom stereocenters. The molecule has 1 aromatic heterocycles. The fourth-order valence-corrected chi connectivity index (χ4v) is 2.69. The highest BCUT2D eigenvalue weighted by molar-refractivity contribution is 5.76. The molecule has 0 aliphatic rings. The van der Waals surface area contributed by atoms with Gasteiger partial charge in [0.2, 0.25) is 5.91 Å². The van der Waals surface area contributed by atoms with Gasteiger partial charge in [0, 0.05) is 18.7 Å². The molecule has 6 nitrogen and oxygen atoms in total. The van der Waals surface area contributed by atoms with Gasteiger partial charge in [-0.1, -0.05) is 12.1 Å². The second kappa shape index (κ2) is 8.65. The van der Waals surface area contributed by atoms with E-state index >= 15 is 0 Å². The third kappa shape index (κ3) is 4.92. The summed E-state index contributed by atoms with van der Waals surface area (Å²) in [6, 6.07) is 11.3. The number of benzene rings is 1. The van der Waals surface area contributed by atoms with E-state index in [-0.39, 0.29) is 5.91 Å². The van der Waals surface area contributed by atoms with Crippen molar-refractivity contribution in [3.8, 4) is 12.1 Å². The summed E-state index contributed by atoms with van der Waals surface area (Å²) < 4.78 is 1.84. The monoisotopic (exact) mass is 335 g/mol. The summed E-state index contributed by atoms with van der Waals surface area (Å²) >= 11 is 0. The average Bonchev–Trinajstić information content (AvgIpc) is 2.90. The van der Waals surface area contributed by atoms with Gasteiger partial charge in [-0.2, -0.15) is 15.6 Å². The second-order valence-corrected chi connectivity index (χ2v) is 5.87. The number of hydrogen-bond donors (Lipinski definition) is 1. The molecule has 128 valence electrons. The smallest absolute Gasteiger partial charge is 0.220 e. The SMILES string of the molecule is Cc1nn(CCC#N)c(C)c1CCC(=O)NCc1ccc(C#N)cc1. The van der Waals surface area contributed by atoms with E-state index in [0.29, 0.717) is 37.9 Å². The van der Waals surface area contributed by atoms with Crippen molar-refractivity contribution in [2.24, 2.45) is 0 Å². The number of nitrogens with zero attached hydrogens (tertiary/aromatic N) is 4. The van der Waals surface area contributed by atoms with Gasteiger partial charge >= 0.3 is 0 Å². The van der Waals surface area contributed by atoms with E-state index in [1.54, 1.807) is 12.1 Å². The fraction of sp³-hybridized carbons (Fsp3) is 0.368. The van der Waals surface area contributed by atoms with Gasteiger partial charge in [-0.05, 0) is 43.5 Å². The highest BCUT2D eigenvalue weighted by atomic mass is 16.1. The van der Waals surface area contributed by atoms with Crippen molar-refractivity contribution in [1.29, 1.82) is 10.5 Å². The maximum atomic E-state index is 12.1. The highest BCUT2D eigenvalue weighted by Crippen LogP contribution is 2.15. The molecule has 0 saturated carbocycles. The van der Waals surface area contributed by atoms with Crippen LogP contribution in [0.5, 0.6) is 0 Å². The molecular weight excluding hydrogens is 314 g/mol. The van der Waals surface area contributed by atoms with Crippen LogP contribution in [0.1, 0.15) is 40.9 Å². The summed E-state index contributed by atoms with van der Waals surface area (Å²) in [5.74, 6) is -0.0204. The van der Waals surface area contributed by atoms with Crippen LogP contribution < -0.4 is 5.32 Å². The number of aryl methyl sites for hydroxylation is 2. The number of nitriles is 2. The summed E-state index contributed by atoms with van der Waals surface area (Å²) in [5.41, 5.74) is 4.58. The van der Waals surface area contributed by atoms with Gasteiger partial charge in [0.05, 0.1) is 36.4 Å². The summed E-state index contributed by atoms with van der Waals surface area (Å²) in [6.07, 6.45) is 1.44. The summed E-state index contributed by atoms with van der Waals surface area (Å²) in [6.45, 7) is 4.93. The molecule has 0 atom stereocenters. The van der Waals surface area contributed by atoms with Crippen molar-refractivity contribution in [1.82, 2.24) is 15.1 Å². The van der Waals surface area contributed by atoms with E-state index in [4.69, 9.17) is 10.5 Å². The minimum Gasteiger partial charge on any atom is -0.352 e. The summed E-state index contributed by atoms with van der Waals surface area (Å²) in [4.78, 5) is 12.1. The predicted molar refractivity (Wildman–Crippen MR) is 93.3 cm³/mol. The fourth-order valence-electron chi connectivity index (χ4n) is 2.69. The van der Waals surface area contributed by atoms with Crippen molar-refractivity contribution < 1.29 is 4.79 Å². The molecule has 2 aromatic rings. The van der Waals surface area contributed by atoms with Crippen LogP contribution in [0, 0.1) is 36.5 Å². The lowest BCUT2D eigenvalue weighted by atomic mass is 10.1. The zero-order chi connectivity index (χ0) is 18.2. The van der Waals surface area contributed by atoms with Gasteiger partial charge in [-0.3, -0.25) is 9.48 Å².